The van der Waals surface area contributed by atoms with E-state index >= 15 is 0 Å². The number of aromatic nitrogens is 2. The van der Waals surface area contributed by atoms with E-state index in [1.165, 1.54) is 0 Å². The molecule has 1 aliphatic rings. The summed E-state index contributed by atoms with van der Waals surface area (Å²) in [4.78, 5) is 4.24. The van der Waals surface area contributed by atoms with Crippen molar-refractivity contribution in [3.63, 3.8) is 0 Å². The van der Waals surface area contributed by atoms with Crippen molar-refractivity contribution in [3.05, 3.63) is 11.7 Å². The molecule has 0 amide bonds. The van der Waals surface area contributed by atoms with Crippen molar-refractivity contribution in [2.45, 2.75) is 38.3 Å². The van der Waals surface area contributed by atoms with Crippen LogP contribution in [-0.4, -0.2) is 16.7 Å². The second-order valence-corrected chi connectivity index (χ2v) is 4.18. The summed E-state index contributed by atoms with van der Waals surface area (Å²) >= 11 is 0. The topological polar surface area (TPSA) is 74.2 Å². The van der Waals surface area contributed by atoms with Gasteiger partial charge >= 0.3 is 0 Å². The molecule has 1 aromatic rings. The second kappa shape index (κ2) is 3.33. The third-order valence-electron chi connectivity index (χ3n) is 2.22. The van der Waals surface area contributed by atoms with Crippen LogP contribution in [0.2, 0.25) is 0 Å². The van der Waals surface area contributed by atoms with Gasteiger partial charge in [-0.25, -0.2) is 0 Å². The summed E-state index contributed by atoms with van der Waals surface area (Å²) in [5.74, 6) is 1.08. The molecule has 1 fully saturated rings. The van der Waals surface area contributed by atoms with E-state index in [1.807, 2.05) is 13.8 Å². The Labute approximate surface area is 82.6 Å². The molecule has 0 aromatic carbocycles. The molecule has 0 bridgehead atoms. The summed E-state index contributed by atoms with van der Waals surface area (Å²) in [5.41, 5.74) is 5.29. The van der Waals surface area contributed by atoms with Gasteiger partial charge in [-0.05, 0) is 26.7 Å². The van der Waals surface area contributed by atoms with E-state index in [2.05, 4.69) is 10.1 Å². The summed E-state index contributed by atoms with van der Waals surface area (Å²) in [6, 6.07) is 0. The smallest absolute Gasteiger partial charge is 0.255 e. The Balaban J connectivity index is 2.17. The average Bonchev–Trinajstić information content (AvgIpc) is 2.73. The first-order valence-electron chi connectivity index (χ1n) is 4.82. The Morgan fingerprint density at radius 2 is 2.29 bits per heavy atom. The fourth-order valence-electron chi connectivity index (χ4n) is 1.40. The van der Waals surface area contributed by atoms with Crippen LogP contribution in [0.15, 0.2) is 4.52 Å². The molecule has 1 atom stereocenters. The first-order valence-corrected chi connectivity index (χ1v) is 4.82. The third kappa shape index (κ3) is 1.78. The molecular weight excluding hydrogens is 182 g/mol. The van der Waals surface area contributed by atoms with Gasteiger partial charge in [-0.3, -0.25) is 0 Å². The molecule has 0 spiro atoms. The van der Waals surface area contributed by atoms with Gasteiger partial charge in [-0.15, -0.1) is 0 Å². The lowest BCUT2D eigenvalue weighted by atomic mass is 10.1. The van der Waals surface area contributed by atoms with Crippen molar-refractivity contribution in [1.29, 1.82) is 0 Å². The second-order valence-electron chi connectivity index (χ2n) is 4.18. The zero-order valence-electron chi connectivity index (χ0n) is 8.49. The number of hydrogen-bond acceptors (Lipinski definition) is 5. The summed E-state index contributed by atoms with van der Waals surface area (Å²) in [7, 11) is 0. The van der Waals surface area contributed by atoms with Gasteiger partial charge in [0.25, 0.3) is 5.89 Å². The molecule has 78 valence electrons. The van der Waals surface area contributed by atoms with E-state index < -0.39 is 5.54 Å². The first kappa shape index (κ1) is 9.61. The van der Waals surface area contributed by atoms with Crippen molar-refractivity contribution >= 4 is 0 Å². The van der Waals surface area contributed by atoms with Gasteiger partial charge in [-0.2, -0.15) is 4.98 Å². The SMILES string of the molecule is CC(C)(N)c1noc(C2CCCO2)n1. The van der Waals surface area contributed by atoms with Crippen LogP contribution in [0.4, 0.5) is 0 Å². The monoisotopic (exact) mass is 197 g/mol. The normalized spacial score (nSPS) is 22.9. The molecule has 1 aliphatic heterocycles. The Kier molecular flexibility index (Phi) is 2.28. The molecule has 0 radical (unpaired) electrons. The van der Waals surface area contributed by atoms with Crippen LogP contribution in [-0.2, 0) is 10.3 Å². The van der Waals surface area contributed by atoms with Crippen LogP contribution in [0.25, 0.3) is 0 Å². The van der Waals surface area contributed by atoms with Gasteiger partial charge in [-0.1, -0.05) is 5.16 Å². The summed E-state index contributed by atoms with van der Waals surface area (Å²) in [6.45, 7) is 4.46. The lowest BCUT2D eigenvalue weighted by molar-refractivity contribution is 0.0835. The molecule has 2 rings (SSSR count). The highest BCUT2D eigenvalue weighted by Gasteiger charge is 2.27. The molecule has 0 aliphatic carbocycles. The van der Waals surface area contributed by atoms with Crippen LogP contribution >= 0.6 is 0 Å². The van der Waals surface area contributed by atoms with E-state index in [0.29, 0.717) is 11.7 Å². The van der Waals surface area contributed by atoms with E-state index in [9.17, 15) is 0 Å². The van der Waals surface area contributed by atoms with Crippen molar-refractivity contribution in [2.24, 2.45) is 5.73 Å². The number of rotatable bonds is 2. The van der Waals surface area contributed by atoms with Crippen molar-refractivity contribution in [2.75, 3.05) is 6.61 Å². The molecule has 5 heteroatoms. The number of nitrogens with two attached hydrogens (primary N) is 1. The minimum atomic E-state index is -0.555. The molecule has 1 unspecified atom stereocenters. The zero-order valence-corrected chi connectivity index (χ0v) is 8.49. The van der Waals surface area contributed by atoms with Gasteiger partial charge in [0.15, 0.2) is 5.82 Å². The molecule has 5 nitrogen and oxygen atoms in total. The Hall–Kier alpha value is -0.940. The highest BCUT2D eigenvalue weighted by molar-refractivity contribution is 5.00. The van der Waals surface area contributed by atoms with Crippen LogP contribution < -0.4 is 5.73 Å². The maximum Gasteiger partial charge on any atom is 0.255 e. The van der Waals surface area contributed by atoms with E-state index in [4.69, 9.17) is 15.0 Å². The lowest BCUT2D eigenvalue weighted by Crippen LogP contribution is -2.30. The van der Waals surface area contributed by atoms with Gasteiger partial charge in [0, 0.05) is 6.61 Å². The molecule has 0 saturated carbocycles. The van der Waals surface area contributed by atoms with Crippen LogP contribution in [0.5, 0.6) is 0 Å². The van der Waals surface area contributed by atoms with Crippen molar-refractivity contribution in [3.8, 4) is 0 Å². The molecule has 2 heterocycles. The largest absolute Gasteiger partial charge is 0.368 e. The molecule has 1 aromatic heterocycles. The fourth-order valence-corrected chi connectivity index (χ4v) is 1.40. The predicted molar refractivity (Wildman–Crippen MR) is 49.4 cm³/mol. The van der Waals surface area contributed by atoms with Gasteiger partial charge in [0.2, 0.25) is 0 Å². The quantitative estimate of drug-likeness (QED) is 0.768. The van der Waals surface area contributed by atoms with Crippen LogP contribution in [0, 0.1) is 0 Å². The highest BCUT2D eigenvalue weighted by atomic mass is 16.5. The minimum Gasteiger partial charge on any atom is -0.368 e. The molecule has 14 heavy (non-hydrogen) atoms. The van der Waals surface area contributed by atoms with Gasteiger partial charge in [0.1, 0.15) is 6.10 Å². The number of hydrogen-bond donors (Lipinski definition) is 1. The Morgan fingerprint density at radius 1 is 1.50 bits per heavy atom. The van der Waals surface area contributed by atoms with Crippen molar-refractivity contribution < 1.29 is 9.26 Å². The molecule has 1 saturated heterocycles. The van der Waals surface area contributed by atoms with E-state index in [-0.39, 0.29) is 6.10 Å². The lowest BCUT2D eigenvalue weighted by Gasteiger charge is -2.11. The Morgan fingerprint density at radius 3 is 2.79 bits per heavy atom. The predicted octanol–water partition coefficient (Wildman–Crippen LogP) is 1.11. The minimum absolute atomic E-state index is 0.0291. The third-order valence-corrected chi connectivity index (χ3v) is 2.22. The maximum absolute atomic E-state index is 5.84. The summed E-state index contributed by atoms with van der Waals surface area (Å²) in [6.07, 6.45) is 1.97. The van der Waals surface area contributed by atoms with Crippen LogP contribution in [0.3, 0.4) is 0 Å². The number of ether oxygens (including phenoxy) is 1. The van der Waals surface area contributed by atoms with E-state index in [0.717, 1.165) is 19.4 Å². The van der Waals surface area contributed by atoms with Crippen LogP contribution in [0.1, 0.15) is 44.5 Å². The van der Waals surface area contributed by atoms with Crippen molar-refractivity contribution in [1.82, 2.24) is 10.1 Å². The van der Waals surface area contributed by atoms with Gasteiger partial charge < -0.3 is 15.0 Å². The molecular formula is C9H15N3O2. The van der Waals surface area contributed by atoms with E-state index in [1.54, 1.807) is 0 Å². The zero-order chi connectivity index (χ0) is 10.2. The van der Waals surface area contributed by atoms with Gasteiger partial charge in [0.05, 0.1) is 5.54 Å². The molecule has 2 N–H and O–H groups in total. The summed E-state index contributed by atoms with van der Waals surface area (Å²) < 4.78 is 10.5. The number of nitrogens with zero attached hydrogens (tertiary/aromatic N) is 2. The average molecular weight is 197 g/mol. The highest BCUT2D eigenvalue weighted by Crippen LogP contribution is 2.27. The fraction of sp³-hybridized carbons (Fsp3) is 0.778. The Bertz CT molecular complexity index is 310. The standard InChI is InChI=1S/C9H15N3O2/c1-9(2,10)8-11-7(14-12-8)6-4-3-5-13-6/h6H,3-5,10H2,1-2H3. The summed E-state index contributed by atoms with van der Waals surface area (Å²) in [5, 5.41) is 3.84. The maximum atomic E-state index is 5.84. The first-order chi connectivity index (χ1) is 6.57.